The molecule has 1 fully saturated rings. The van der Waals surface area contributed by atoms with E-state index in [1.54, 1.807) is 17.4 Å². The number of piperidine rings is 1. The molecule has 0 bridgehead atoms. The Morgan fingerprint density at radius 1 is 1.25 bits per heavy atom. The standard InChI is InChI=1S/C29H42ClN3O2S/c1-20-16-26(30)31-22(3)28(20)25(34)9-7-8-21(2)32-13-10-24(11-14-32)33(18-23-12-15-36-19-23)27(35)17-29(4,5)6/h12,15-16,19,21,24H,7-11,13-14,17-18H2,1-6H3. The number of aryl methyl sites for hydroxylation is 2. The number of ketones is 1. The van der Waals surface area contributed by atoms with Crippen LogP contribution in [0.2, 0.25) is 5.15 Å². The number of pyridine rings is 1. The van der Waals surface area contributed by atoms with Crippen molar-refractivity contribution in [3.8, 4) is 0 Å². The van der Waals surface area contributed by atoms with Gasteiger partial charge in [0.1, 0.15) is 5.15 Å². The number of likely N-dealkylation sites (tertiary alicyclic amines) is 1. The van der Waals surface area contributed by atoms with Crippen LogP contribution in [0.5, 0.6) is 0 Å². The van der Waals surface area contributed by atoms with Crippen molar-refractivity contribution in [1.29, 1.82) is 0 Å². The highest BCUT2D eigenvalue weighted by Crippen LogP contribution is 2.27. The van der Waals surface area contributed by atoms with Gasteiger partial charge in [-0.25, -0.2) is 4.98 Å². The number of aromatic nitrogens is 1. The van der Waals surface area contributed by atoms with E-state index in [1.807, 2.05) is 13.8 Å². The molecule has 0 aliphatic carbocycles. The number of hydrogen-bond donors (Lipinski definition) is 0. The fourth-order valence-electron chi connectivity index (χ4n) is 5.27. The molecule has 36 heavy (non-hydrogen) atoms. The average Bonchev–Trinajstić information content (AvgIpc) is 3.29. The maximum Gasteiger partial charge on any atom is 0.223 e. The minimum Gasteiger partial charge on any atom is -0.335 e. The molecule has 0 aromatic carbocycles. The van der Waals surface area contributed by atoms with Gasteiger partial charge in [0, 0.05) is 50.1 Å². The zero-order chi connectivity index (χ0) is 26.5. The molecule has 1 saturated heterocycles. The molecule has 0 radical (unpaired) electrons. The van der Waals surface area contributed by atoms with Gasteiger partial charge >= 0.3 is 0 Å². The lowest BCUT2D eigenvalue weighted by molar-refractivity contribution is -0.137. The minimum atomic E-state index is -0.0181. The molecule has 1 aliphatic heterocycles. The van der Waals surface area contributed by atoms with Crippen LogP contribution in [-0.4, -0.2) is 51.6 Å². The monoisotopic (exact) mass is 531 g/mol. The van der Waals surface area contributed by atoms with Crippen LogP contribution in [0.3, 0.4) is 0 Å². The summed E-state index contributed by atoms with van der Waals surface area (Å²) in [6.45, 7) is 15.1. The van der Waals surface area contributed by atoms with Crippen molar-refractivity contribution in [2.75, 3.05) is 13.1 Å². The van der Waals surface area contributed by atoms with Gasteiger partial charge in [0.15, 0.2) is 5.78 Å². The zero-order valence-electron chi connectivity index (χ0n) is 22.8. The van der Waals surface area contributed by atoms with Gasteiger partial charge in [-0.15, -0.1) is 0 Å². The molecule has 1 unspecified atom stereocenters. The fraction of sp³-hybridized carbons (Fsp3) is 0.621. The summed E-state index contributed by atoms with van der Waals surface area (Å²) in [6.07, 6.45) is 4.94. The normalized spacial score (nSPS) is 16.2. The summed E-state index contributed by atoms with van der Waals surface area (Å²) in [7, 11) is 0. The first kappa shape index (κ1) is 28.8. The van der Waals surface area contributed by atoms with E-state index in [1.165, 1.54) is 5.56 Å². The Morgan fingerprint density at radius 3 is 2.53 bits per heavy atom. The van der Waals surface area contributed by atoms with Crippen LogP contribution in [0.1, 0.15) is 93.4 Å². The molecule has 0 spiro atoms. The third kappa shape index (κ3) is 8.12. The highest BCUT2D eigenvalue weighted by atomic mass is 35.5. The summed E-state index contributed by atoms with van der Waals surface area (Å²) < 4.78 is 0. The third-order valence-electron chi connectivity index (χ3n) is 7.17. The van der Waals surface area contributed by atoms with Crippen molar-refractivity contribution in [3.05, 3.63) is 50.4 Å². The van der Waals surface area contributed by atoms with Crippen molar-refractivity contribution in [3.63, 3.8) is 0 Å². The van der Waals surface area contributed by atoms with Gasteiger partial charge in [-0.05, 0) is 85.9 Å². The molecule has 2 aromatic heterocycles. The lowest BCUT2D eigenvalue weighted by Crippen LogP contribution is -2.49. The smallest absolute Gasteiger partial charge is 0.223 e. The summed E-state index contributed by atoms with van der Waals surface area (Å²) in [5.41, 5.74) is 3.55. The molecule has 7 heteroatoms. The Morgan fingerprint density at radius 2 is 1.94 bits per heavy atom. The van der Waals surface area contributed by atoms with E-state index in [-0.39, 0.29) is 23.1 Å². The second kappa shape index (κ2) is 12.7. The van der Waals surface area contributed by atoms with Crippen molar-refractivity contribution < 1.29 is 9.59 Å². The van der Waals surface area contributed by atoms with Crippen molar-refractivity contribution in [1.82, 2.24) is 14.8 Å². The van der Waals surface area contributed by atoms with Gasteiger partial charge in [-0.2, -0.15) is 11.3 Å². The number of carbonyl (C=O) groups excluding carboxylic acids is 2. The maximum absolute atomic E-state index is 13.3. The number of hydrogen-bond acceptors (Lipinski definition) is 5. The van der Waals surface area contributed by atoms with Gasteiger partial charge in [-0.1, -0.05) is 32.4 Å². The minimum absolute atomic E-state index is 0.0181. The maximum atomic E-state index is 13.3. The average molecular weight is 532 g/mol. The number of rotatable bonds is 10. The first-order chi connectivity index (χ1) is 16.9. The number of carbonyl (C=O) groups is 2. The number of thiophene rings is 1. The van der Waals surface area contributed by atoms with E-state index in [0.717, 1.165) is 49.9 Å². The molecule has 2 aromatic rings. The summed E-state index contributed by atoms with van der Waals surface area (Å²) in [4.78, 5) is 35.0. The van der Waals surface area contributed by atoms with Gasteiger partial charge in [-0.3, -0.25) is 9.59 Å². The molecule has 1 atom stereocenters. The van der Waals surface area contributed by atoms with Gasteiger partial charge in [0.2, 0.25) is 5.91 Å². The third-order valence-corrected chi connectivity index (χ3v) is 8.09. The Kier molecular flexibility index (Phi) is 10.1. The quantitative estimate of drug-likeness (QED) is 0.243. The van der Waals surface area contributed by atoms with Gasteiger partial charge in [0.05, 0.1) is 5.69 Å². The van der Waals surface area contributed by atoms with Crippen LogP contribution < -0.4 is 0 Å². The molecular weight excluding hydrogens is 490 g/mol. The molecule has 3 heterocycles. The molecule has 1 aliphatic rings. The van der Waals surface area contributed by atoms with E-state index in [4.69, 9.17) is 11.6 Å². The lowest BCUT2D eigenvalue weighted by Gasteiger charge is -2.41. The van der Waals surface area contributed by atoms with Crippen molar-refractivity contribution >= 4 is 34.6 Å². The van der Waals surface area contributed by atoms with Crippen LogP contribution in [-0.2, 0) is 11.3 Å². The lowest BCUT2D eigenvalue weighted by atomic mass is 9.90. The molecular formula is C29H42ClN3O2S. The summed E-state index contributed by atoms with van der Waals surface area (Å²) in [5.74, 6) is 0.419. The molecule has 3 rings (SSSR count). The number of amides is 1. The van der Waals surface area contributed by atoms with Gasteiger partial charge in [0.25, 0.3) is 0 Å². The van der Waals surface area contributed by atoms with Crippen LogP contribution in [0, 0.1) is 19.3 Å². The topological polar surface area (TPSA) is 53.5 Å². The summed E-state index contributed by atoms with van der Waals surface area (Å²) in [6, 6.07) is 4.60. The predicted molar refractivity (Wildman–Crippen MR) is 150 cm³/mol. The van der Waals surface area contributed by atoms with E-state index in [2.05, 4.69) is 59.3 Å². The van der Waals surface area contributed by atoms with Crippen LogP contribution in [0.25, 0.3) is 0 Å². The molecule has 1 amide bonds. The second-order valence-corrected chi connectivity index (χ2v) is 12.7. The molecule has 0 N–H and O–H groups in total. The predicted octanol–water partition coefficient (Wildman–Crippen LogP) is 7.08. The Bertz CT molecular complexity index is 1000. The Labute approximate surface area is 226 Å². The van der Waals surface area contributed by atoms with E-state index >= 15 is 0 Å². The Balaban J connectivity index is 1.51. The number of nitrogens with zero attached hydrogens (tertiary/aromatic N) is 3. The molecule has 5 nitrogen and oxygen atoms in total. The van der Waals surface area contributed by atoms with Crippen LogP contribution >= 0.6 is 22.9 Å². The number of Topliss-reactive ketones (excluding diaryl/α,β-unsaturated/α-hetero) is 1. The van der Waals surface area contributed by atoms with E-state index < -0.39 is 0 Å². The largest absolute Gasteiger partial charge is 0.335 e. The summed E-state index contributed by atoms with van der Waals surface area (Å²) in [5, 5.41) is 4.68. The van der Waals surface area contributed by atoms with E-state index in [0.29, 0.717) is 36.3 Å². The summed E-state index contributed by atoms with van der Waals surface area (Å²) >= 11 is 7.71. The fourth-order valence-corrected chi connectivity index (χ4v) is 6.22. The van der Waals surface area contributed by atoms with Crippen LogP contribution in [0.4, 0.5) is 0 Å². The highest BCUT2D eigenvalue weighted by Gasteiger charge is 2.31. The first-order valence-electron chi connectivity index (χ1n) is 13.2. The Hall–Kier alpha value is -1.76. The van der Waals surface area contributed by atoms with Crippen molar-refractivity contribution in [2.24, 2.45) is 5.41 Å². The van der Waals surface area contributed by atoms with Gasteiger partial charge < -0.3 is 9.80 Å². The van der Waals surface area contributed by atoms with Crippen molar-refractivity contribution in [2.45, 2.75) is 98.7 Å². The first-order valence-corrected chi connectivity index (χ1v) is 14.5. The highest BCUT2D eigenvalue weighted by molar-refractivity contribution is 7.07. The molecule has 0 saturated carbocycles. The number of halogens is 1. The van der Waals surface area contributed by atoms with Crippen LogP contribution in [0.15, 0.2) is 22.9 Å². The zero-order valence-corrected chi connectivity index (χ0v) is 24.3. The van der Waals surface area contributed by atoms with E-state index in [9.17, 15) is 9.59 Å². The SMILES string of the molecule is Cc1cc(Cl)nc(C)c1C(=O)CCCC(C)N1CCC(N(Cc2ccsc2)C(=O)CC(C)(C)C)CC1. The second-order valence-electron chi connectivity index (χ2n) is 11.5. The molecule has 198 valence electrons.